The smallest absolute Gasteiger partial charge is 0.345 e. The molecule has 0 radical (unpaired) electrons. The number of carboxylic acid groups (broad SMARTS) is 1. The van der Waals surface area contributed by atoms with Gasteiger partial charge in [0.05, 0.1) is 9.70 Å². The predicted molar refractivity (Wildman–Crippen MR) is 75.0 cm³/mol. The highest BCUT2D eigenvalue weighted by atomic mass is 79.9. The molecule has 2 rings (SSSR count). The molecule has 0 aliphatic carbocycles. The van der Waals surface area contributed by atoms with Gasteiger partial charge in [0, 0.05) is 13.1 Å². The number of carbonyl (C=O) groups excluding carboxylic acids is 1. The van der Waals surface area contributed by atoms with E-state index in [2.05, 4.69) is 15.9 Å². The Balaban J connectivity index is 2.32. The van der Waals surface area contributed by atoms with Crippen LogP contribution >= 0.6 is 27.3 Å². The van der Waals surface area contributed by atoms with Crippen molar-refractivity contribution in [3.8, 4) is 0 Å². The number of aromatic carboxylic acids is 1. The SMILES string of the molecule is NC(=O)C1CCN(S(=O)(=O)c2cc(C(=O)O)sc2Br)C1. The van der Waals surface area contributed by atoms with Crippen molar-refractivity contribution in [2.45, 2.75) is 11.3 Å². The molecule has 0 saturated carbocycles. The second-order valence-corrected chi connectivity index (χ2v) is 8.58. The van der Waals surface area contributed by atoms with Crippen molar-refractivity contribution in [1.82, 2.24) is 4.31 Å². The molecule has 2 heterocycles. The number of nitrogens with two attached hydrogens (primary N) is 1. The van der Waals surface area contributed by atoms with Gasteiger partial charge in [0.2, 0.25) is 15.9 Å². The molecule has 10 heteroatoms. The van der Waals surface area contributed by atoms with Crippen molar-refractivity contribution in [3.05, 3.63) is 14.7 Å². The lowest BCUT2D eigenvalue weighted by Crippen LogP contribution is -2.31. The van der Waals surface area contributed by atoms with Crippen molar-refractivity contribution < 1.29 is 23.1 Å². The molecule has 1 saturated heterocycles. The van der Waals surface area contributed by atoms with Crippen LogP contribution in [0, 0.1) is 5.92 Å². The summed E-state index contributed by atoms with van der Waals surface area (Å²) in [5.74, 6) is -2.21. The van der Waals surface area contributed by atoms with E-state index in [-0.39, 0.29) is 26.6 Å². The van der Waals surface area contributed by atoms with E-state index in [9.17, 15) is 18.0 Å². The molecule has 1 aromatic rings. The average Bonchev–Trinajstić information content (AvgIpc) is 2.94. The van der Waals surface area contributed by atoms with E-state index < -0.39 is 27.8 Å². The maximum atomic E-state index is 12.4. The zero-order chi connectivity index (χ0) is 15.1. The van der Waals surface area contributed by atoms with Gasteiger partial charge in [-0.05, 0) is 28.4 Å². The molecular weight excluding hydrogens is 372 g/mol. The first-order valence-corrected chi connectivity index (χ1v) is 8.60. The van der Waals surface area contributed by atoms with Crippen molar-refractivity contribution in [2.24, 2.45) is 11.7 Å². The Hall–Kier alpha value is -0.970. The standard InChI is InChI=1S/C10H11BrN2O5S2/c11-8-7(3-6(19-8)10(15)16)20(17,18)13-2-1-5(4-13)9(12)14/h3,5H,1-2,4H2,(H2,12,14)(H,15,16). The van der Waals surface area contributed by atoms with Crippen molar-refractivity contribution in [1.29, 1.82) is 0 Å². The lowest BCUT2D eigenvalue weighted by Gasteiger charge is -2.15. The Labute approximate surface area is 127 Å². The molecule has 3 N–H and O–H groups in total. The van der Waals surface area contributed by atoms with Gasteiger partial charge in [0.25, 0.3) is 0 Å². The Morgan fingerprint density at radius 2 is 2.15 bits per heavy atom. The Morgan fingerprint density at radius 3 is 2.60 bits per heavy atom. The molecule has 110 valence electrons. The molecule has 0 bridgehead atoms. The number of hydrogen-bond acceptors (Lipinski definition) is 5. The van der Waals surface area contributed by atoms with Crippen LogP contribution in [0.4, 0.5) is 0 Å². The fraction of sp³-hybridized carbons (Fsp3) is 0.400. The van der Waals surface area contributed by atoms with E-state index in [0.717, 1.165) is 21.7 Å². The van der Waals surface area contributed by atoms with Gasteiger partial charge in [0.1, 0.15) is 9.77 Å². The third kappa shape index (κ3) is 2.73. The number of nitrogens with zero attached hydrogens (tertiary/aromatic N) is 1. The molecule has 1 aromatic heterocycles. The van der Waals surface area contributed by atoms with Crippen LogP contribution in [0.25, 0.3) is 0 Å². The first kappa shape index (κ1) is 15.4. The third-order valence-corrected chi connectivity index (χ3v) is 7.14. The van der Waals surface area contributed by atoms with Gasteiger partial charge in [-0.1, -0.05) is 0 Å². The van der Waals surface area contributed by atoms with E-state index in [1.807, 2.05) is 0 Å². The number of thiophene rings is 1. The van der Waals surface area contributed by atoms with Crippen LogP contribution < -0.4 is 5.73 Å². The van der Waals surface area contributed by atoms with E-state index in [1.165, 1.54) is 0 Å². The minimum atomic E-state index is -3.82. The van der Waals surface area contributed by atoms with E-state index >= 15 is 0 Å². The molecule has 1 aliphatic rings. The topological polar surface area (TPSA) is 118 Å². The summed E-state index contributed by atoms with van der Waals surface area (Å²) in [6.45, 7) is 0.225. The highest BCUT2D eigenvalue weighted by Gasteiger charge is 2.36. The summed E-state index contributed by atoms with van der Waals surface area (Å²) in [6.07, 6.45) is 0.377. The van der Waals surface area contributed by atoms with Crippen molar-refractivity contribution >= 4 is 49.2 Å². The quantitative estimate of drug-likeness (QED) is 0.794. The second kappa shape index (κ2) is 5.43. The van der Waals surface area contributed by atoms with Crippen LogP contribution in [-0.2, 0) is 14.8 Å². The minimum absolute atomic E-state index is 0.0301. The van der Waals surface area contributed by atoms with Crippen LogP contribution in [0.1, 0.15) is 16.1 Å². The minimum Gasteiger partial charge on any atom is -0.477 e. The Bertz CT molecular complexity index is 669. The van der Waals surface area contributed by atoms with Gasteiger partial charge in [-0.25, -0.2) is 13.2 Å². The maximum absolute atomic E-state index is 12.4. The van der Waals surface area contributed by atoms with Crippen LogP contribution in [0.15, 0.2) is 14.7 Å². The molecule has 1 unspecified atom stereocenters. The Kier molecular flexibility index (Phi) is 4.19. The summed E-state index contributed by atoms with van der Waals surface area (Å²) < 4.78 is 26.2. The maximum Gasteiger partial charge on any atom is 0.345 e. The van der Waals surface area contributed by atoms with E-state index in [0.29, 0.717) is 6.42 Å². The summed E-state index contributed by atoms with van der Waals surface area (Å²) in [7, 11) is -3.82. The monoisotopic (exact) mass is 382 g/mol. The fourth-order valence-electron chi connectivity index (χ4n) is 1.95. The van der Waals surface area contributed by atoms with Crippen LogP contribution in [-0.4, -0.2) is 42.8 Å². The lowest BCUT2D eigenvalue weighted by molar-refractivity contribution is -0.121. The normalized spacial score (nSPS) is 20.1. The summed E-state index contributed by atoms with van der Waals surface area (Å²) in [6, 6.07) is 1.12. The van der Waals surface area contributed by atoms with Crippen LogP contribution in [0.5, 0.6) is 0 Å². The van der Waals surface area contributed by atoms with Gasteiger partial charge >= 0.3 is 5.97 Å². The van der Waals surface area contributed by atoms with Crippen LogP contribution in [0.3, 0.4) is 0 Å². The first-order chi connectivity index (χ1) is 9.23. The van der Waals surface area contributed by atoms with E-state index in [4.69, 9.17) is 10.8 Å². The Morgan fingerprint density at radius 1 is 1.50 bits per heavy atom. The number of rotatable bonds is 4. The van der Waals surface area contributed by atoms with Crippen molar-refractivity contribution in [3.63, 3.8) is 0 Å². The molecule has 1 aliphatic heterocycles. The number of hydrogen-bond donors (Lipinski definition) is 2. The lowest BCUT2D eigenvalue weighted by atomic mass is 10.1. The van der Waals surface area contributed by atoms with Crippen molar-refractivity contribution in [2.75, 3.05) is 13.1 Å². The third-order valence-electron chi connectivity index (χ3n) is 3.04. The highest BCUT2D eigenvalue weighted by molar-refractivity contribution is 9.11. The van der Waals surface area contributed by atoms with Gasteiger partial charge in [0.15, 0.2) is 0 Å². The summed E-state index contributed by atoms with van der Waals surface area (Å²) in [4.78, 5) is 21.8. The summed E-state index contributed by atoms with van der Waals surface area (Å²) in [5.41, 5.74) is 5.17. The summed E-state index contributed by atoms with van der Waals surface area (Å²) in [5, 5.41) is 8.89. The number of carbonyl (C=O) groups is 2. The number of carboxylic acids is 1. The van der Waals surface area contributed by atoms with Gasteiger partial charge < -0.3 is 10.8 Å². The largest absolute Gasteiger partial charge is 0.477 e. The van der Waals surface area contributed by atoms with Crippen LogP contribution in [0.2, 0.25) is 0 Å². The molecule has 20 heavy (non-hydrogen) atoms. The number of halogens is 1. The van der Waals surface area contributed by atoms with E-state index in [1.54, 1.807) is 0 Å². The zero-order valence-electron chi connectivity index (χ0n) is 10.1. The highest BCUT2D eigenvalue weighted by Crippen LogP contribution is 2.35. The molecule has 7 nitrogen and oxygen atoms in total. The molecule has 1 fully saturated rings. The average molecular weight is 383 g/mol. The molecular formula is C10H11BrN2O5S2. The van der Waals surface area contributed by atoms with Gasteiger partial charge in [-0.2, -0.15) is 4.31 Å². The molecule has 1 atom stereocenters. The molecule has 1 amide bonds. The van der Waals surface area contributed by atoms with Gasteiger partial charge in [-0.15, -0.1) is 11.3 Å². The molecule has 0 aromatic carbocycles. The first-order valence-electron chi connectivity index (χ1n) is 5.55. The summed E-state index contributed by atoms with van der Waals surface area (Å²) >= 11 is 3.91. The fourth-order valence-corrected chi connectivity index (χ4v) is 5.80. The predicted octanol–water partition coefficient (Wildman–Crippen LogP) is 0.705. The van der Waals surface area contributed by atoms with Gasteiger partial charge in [-0.3, -0.25) is 4.79 Å². The zero-order valence-corrected chi connectivity index (χ0v) is 13.3. The molecule has 0 spiro atoms. The second-order valence-electron chi connectivity index (χ2n) is 4.30. The number of primary amides is 1. The number of sulfonamides is 1. The number of amides is 1.